The lowest BCUT2D eigenvalue weighted by Gasteiger charge is -2.19. The number of hydrogen-bond donors (Lipinski definition) is 0. The van der Waals surface area contributed by atoms with E-state index >= 15 is 0 Å². The lowest BCUT2D eigenvalue weighted by atomic mass is 9.97. The van der Waals surface area contributed by atoms with E-state index in [4.69, 9.17) is 4.98 Å². The largest absolute Gasteiger partial charge is 0.328 e. The molecule has 0 radical (unpaired) electrons. The predicted octanol–water partition coefficient (Wildman–Crippen LogP) is 3.67. The Labute approximate surface area is 104 Å². The quantitative estimate of drug-likeness (QED) is 0.719. The third-order valence-electron chi connectivity index (χ3n) is 3.72. The second-order valence-corrected chi connectivity index (χ2v) is 5.45. The van der Waals surface area contributed by atoms with Gasteiger partial charge in [0.25, 0.3) is 0 Å². The van der Waals surface area contributed by atoms with E-state index in [0.29, 0.717) is 0 Å². The molecule has 1 aromatic carbocycles. The first-order valence-corrected chi connectivity index (χ1v) is 6.55. The molecule has 1 aromatic heterocycles. The van der Waals surface area contributed by atoms with Crippen LogP contribution in [0.2, 0.25) is 0 Å². The molecule has 0 fully saturated rings. The number of nitrogens with zero attached hydrogens (tertiary/aromatic N) is 2. The highest BCUT2D eigenvalue weighted by molar-refractivity contribution is 9.10. The summed E-state index contributed by atoms with van der Waals surface area (Å²) >= 11 is 3.70. The lowest BCUT2D eigenvalue weighted by molar-refractivity contribution is 0.615. The van der Waals surface area contributed by atoms with Crippen LogP contribution in [0.5, 0.6) is 0 Å². The van der Waals surface area contributed by atoms with E-state index in [1.807, 2.05) is 0 Å². The zero-order chi connectivity index (χ0) is 11.4. The summed E-state index contributed by atoms with van der Waals surface area (Å²) in [6.07, 6.45) is 2.42. The van der Waals surface area contributed by atoms with Crippen LogP contribution in [-0.4, -0.2) is 9.55 Å². The smallest absolute Gasteiger partial charge is 0.106 e. The summed E-state index contributed by atoms with van der Waals surface area (Å²) < 4.78 is 3.61. The van der Waals surface area contributed by atoms with Crippen molar-refractivity contribution in [1.29, 1.82) is 0 Å². The Bertz CT molecular complexity index is 596. The first-order valence-electron chi connectivity index (χ1n) is 5.75. The standard InChI is InChI=1S/C13H15BrN2/c1-7-10-5-4-6-16-9(3)15-12(13(10)16)8(2)11(7)14/h4-6H2,1-3H3. The Morgan fingerprint density at radius 1 is 1.19 bits per heavy atom. The van der Waals surface area contributed by atoms with Crippen LogP contribution in [0.25, 0.3) is 11.0 Å². The maximum absolute atomic E-state index is 4.72. The number of rotatable bonds is 0. The van der Waals surface area contributed by atoms with Crippen LogP contribution >= 0.6 is 15.9 Å². The normalized spacial score (nSPS) is 14.8. The molecule has 2 heterocycles. The minimum atomic E-state index is 1.12. The molecule has 1 aliphatic heterocycles. The fourth-order valence-electron chi connectivity index (χ4n) is 2.82. The van der Waals surface area contributed by atoms with Gasteiger partial charge in [-0.05, 0) is 50.3 Å². The van der Waals surface area contributed by atoms with E-state index < -0.39 is 0 Å². The van der Waals surface area contributed by atoms with Crippen LogP contribution in [0, 0.1) is 20.8 Å². The van der Waals surface area contributed by atoms with Gasteiger partial charge >= 0.3 is 0 Å². The summed E-state index contributed by atoms with van der Waals surface area (Å²) in [5.74, 6) is 1.15. The monoisotopic (exact) mass is 278 g/mol. The molecule has 0 amide bonds. The van der Waals surface area contributed by atoms with Crippen molar-refractivity contribution >= 4 is 27.0 Å². The highest BCUT2D eigenvalue weighted by Crippen LogP contribution is 2.36. The van der Waals surface area contributed by atoms with Crippen LogP contribution in [-0.2, 0) is 13.0 Å². The van der Waals surface area contributed by atoms with Crippen LogP contribution < -0.4 is 0 Å². The van der Waals surface area contributed by atoms with E-state index in [9.17, 15) is 0 Å². The Balaban J connectivity index is 2.57. The molecule has 0 spiro atoms. The van der Waals surface area contributed by atoms with E-state index in [2.05, 4.69) is 41.3 Å². The second kappa shape index (κ2) is 3.33. The topological polar surface area (TPSA) is 17.8 Å². The minimum absolute atomic E-state index is 1.12. The van der Waals surface area contributed by atoms with Crippen molar-refractivity contribution in [3.05, 3.63) is 27.0 Å². The zero-order valence-electron chi connectivity index (χ0n) is 9.89. The van der Waals surface area contributed by atoms with Gasteiger partial charge < -0.3 is 4.57 Å². The van der Waals surface area contributed by atoms with Gasteiger partial charge in [0.2, 0.25) is 0 Å². The number of halogens is 1. The van der Waals surface area contributed by atoms with Gasteiger partial charge in [-0.1, -0.05) is 15.9 Å². The van der Waals surface area contributed by atoms with Gasteiger partial charge in [0.05, 0.1) is 11.0 Å². The molecule has 2 nitrogen and oxygen atoms in total. The third-order valence-corrected chi connectivity index (χ3v) is 4.91. The van der Waals surface area contributed by atoms with Crippen molar-refractivity contribution < 1.29 is 0 Å². The molecule has 16 heavy (non-hydrogen) atoms. The molecule has 3 heteroatoms. The summed E-state index contributed by atoms with van der Waals surface area (Å²) in [5.41, 5.74) is 6.72. The lowest BCUT2D eigenvalue weighted by Crippen LogP contribution is -2.10. The molecular weight excluding hydrogens is 264 g/mol. The van der Waals surface area contributed by atoms with Crippen LogP contribution in [0.3, 0.4) is 0 Å². The minimum Gasteiger partial charge on any atom is -0.328 e. The molecule has 0 unspecified atom stereocenters. The summed E-state index contributed by atoms with van der Waals surface area (Å²) in [6.45, 7) is 7.60. The maximum Gasteiger partial charge on any atom is 0.106 e. The van der Waals surface area contributed by atoms with Gasteiger partial charge in [-0.25, -0.2) is 4.98 Å². The molecule has 0 N–H and O–H groups in total. The highest BCUT2D eigenvalue weighted by Gasteiger charge is 2.21. The van der Waals surface area contributed by atoms with Gasteiger partial charge in [0, 0.05) is 11.0 Å². The van der Waals surface area contributed by atoms with Crippen molar-refractivity contribution in [2.24, 2.45) is 0 Å². The first-order chi connectivity index (χ1) is 7.61. The maximum atomic E-state index is 4.72. The van der Waals surface area contributed by atoms with Crippen LogP contribution in [0.1, 0.15) is 28.9 Å². The first kappa shape index (κ1) is 10.3. The average molecular weight is 279 g/mol. The van der Waals surface area contributed by atoms with Crippen molar-refractivity contribution in [1.82, 2.24) is 9.55 Å². The Morgan fingerprint density at radius 2 is 1.94 bits per heavy atom. The zero-order valence-corrected chi connectivity index (χ0v) is 11.5. The summed E-state index contributed by atoms with van der Waals surface area (Å²) in [5, 5.41) is 0. The fraction of sp³-hybridized carbons (Fsp3) is 0.462. The van der Waals surface area contributed by atoms with E-state index in [0.717, 1.165) is 12.4 Å². The van der Waals surface area contributed by atoms with E-state index in [1.165, 1.54) is 45.0 Å². The number of benzene rings is 1. The summed E-state index contributed by atoms with van der Waals surface area (Å²) in [4.78, 5) is 4.72. The van der Waals surface area contributed by atoms with Crippen molar-refractivity contribution in [3.8, 4) is 0 Å². The predicted molar refractivity (Wildman–Crippen MR) is 70.0 cm³/mol. The van der Waals surface area contributed by atoms with E-state index in [1.54, 1.807) is 0 Å². The second-order valence-electron chi connectivity index (χ2n) is 4.65. The molecule has 0 aliphatic carbocycles. The SMILES string of the molecule is Cc1c(Br)c(C)c2nc(C)n3c2c1CCC3. The number of aromatic nitrogens is 2. The molecule has 0 atom stereocenters. The summed E-state index contributed by atoms with van der Waals surface area (Å²) in [7, 11) is 0. The van der Waals surface area contributed by atoms with E-state index in [-0.39, 0.29) is 0 Å². The van der Waals surface area contributed by atoms with Gasteiger partial charge in [-0.15, -0.1) is 0 Å². The van der Waals surface area contributed by atoms with Gasteiger partial charge in [0.15, 0.2) is 0 Å². The molecule has 0 saturated carbocycles. The van der Waals surface area contributed by atoms with Crippen LogP contribution in [0.4, 0.5) is 0 Å². The number of imidazole rings is 1. The molecule has 0 bridgehead atoms. The molecule has 0 saturated heterocycles. The number of hydrogen-bond acceptors (Lipinski definition) is 1. The number of aryl methyl sites for hydroxylation is 4. The van der Waals surface area contributed by atoms with Gasteiger partial charge in [0.1, 0.15) is 5.82 Å². The summed E-state index contributed by atoms with van der Waals surface area (Å²) in [6, 6.07) is 0. The Hall–Kier alpha value is -0.830. The third kappa shape index (κ3) is 1.15. The molecule has 2 aromatic rings. The molecule has 1 aliphatic rings. The van der Waals surface area contributed by atoms with Crippen LogP contribution in [0.15, 0.2) is 4.47 Å². The molecule has 3 rings (SSSR count). The van der Waals surface area contributed by atoms with Gasteiger partial charge in [-0.2, -0.15) is 0 Å². The van der Waals surface area contributed by atoms with Crippen molar-refractivity contribution in [2.75, 3.05) is 0 Å². The Morgan fingerprint density at radius 3 is 2.69 bits per heavy atom. The van der Waals surface area contributed by atoms with Gasteiger partial charge in [-0.3, -0.25) is 0 Å². The molecular formula is C13H15BrN2. The average Bonchev–Trinajstić information content (AvgIpc) is 2.63. The Kier molecular flexibility index (Phi) is 2.15. The highest BCUT2D eigenvalue weighted by atomic mass is 79.9. The molecule has 84 valence electrons. The van der Waals surface area contributed by atoms with Crippen molar-refractivity contribution in [2.45, 2.75) is 40.2 Å². The van der Waals surface area contributed by atoms with Crippen molar-refractivity contribution in [3.63, 3.8) is 0 Å². The fourth-order valence-corrected chi connectivity index (χ4v) is 3.25.